The summed E-state index contributed by atoms with van der Waals surface area (Å²) in [5.74, 6) is -6.53. The van der Waals surface area contributed by atoms with E-state index in [0.29, 0.717) is 0 Å². The first-order valence-corrected chi connectivity index (χ1v) is 10.2. The molecule has 0 spiro atoms. The van der Waals surface area contributed by atoms with Crippen molar-refractivity contribution in [1.82, 2.24) is 4.98 Å². The van der Waals surface area contributed by atoms with Gasteiger partial charge in [0, 0.05) is 34.8 Å². The van der Waals surface area contributed by atoms with E-state index >= 15 is 0 Å². The van der Waals surface area contributed by atoms with E-state index in [0.717, 1.165) is 45.2 Å². The zero-order valence-corrected chi connectivity index (χ0v) is 18.6. The molecule has 1 saturated heterocycles. The van der Waals surface area contributed by atoms with Gasteiger partial charge in [0.1, 0.15) is 23.4 Å². The quantitative estimate of drug-likeness (QED) is 0.570. The van der Waals surface area contributed by atoms with Crippen molar-refractivity contribution < 1.29 is 45.4 Å². The first-order chi connectivity index (χ1) is 16.2. The minimum atomic E-state index is -4.95. The van der Waals surface area contributed by atoms with Crippen LogP contribution >= 0.6 is 0 Å². The predicted octanol–water partition coefficient (Wildman–Crippen LogP) is 4.31. The molecule has 2 aromatic rings. The number of benzene rings is 1. The van der Waals surface area contributed by atoms with Crippen molar-refractivity contribution in [2.75, 3.05) is 5.32 Å². The van der Waals surface area contributed by atoms with Crippen LogP contribution in [0.1, 0.15) is 41.4 Å². The van der Waals surface area contributed by atoms with Crippen molar-refractivity contribution in [3.8, 4) is 5.75 Å². The number of nitrogens with two attached hydrogens (primary N) is 1. The maximum Gasteiger partial charge on any atom is 0.417 e. The minimum Gasteiger partial charge on any atom is -0.434 e. The lowest BCUT2D eigenvalue weighted by Crippen LogP contribution is -2.47. The maximum atomic E-state index is 14.1. The summed E-state index contributed by atoms with van der Waals surface area (Å²) in [6, 6.07) is 4.23. The van der Waals surface area contributed by atoms with Gasteiger partial charge in [-0.15, -0.1) is 0 Å². The standard InChI is InChI=1S/C22H21F6N3O4/c1-9-13(23)5-4-12(16(9)34-20(24)25)15-10(2)21(3,22(26,27)28)35-17(15)19(33)31-11-6-7-30-14(8-11)18(29)32/h4-8,10,15,17,20H,1-3H3,(H2,29,32)(H,30,31,33)/t10-,15?,17?,21+/m0/s1. The molecule has 7 nitrogen and oxygen atoms in total. The highest BCUT2D eigenvalue weighted by Crippen LogP contribution is 2.55. The molecule has 4 atom stereocenters. The number of amides is 2. The predicted molar refractivity (Wildman–Crippen MR) is 110 cm³/mol. The highest BCUT2D eigenvalue weighted by Gasteiger charge is 2.65. The second-order valence-electron chi connectivity index (χ2n) is 8.21. The summed E-state index contributed by atoms with van der Waals surface area (Å²) < 4.78 is 92.1. The fourth-order valence-electron chi connectivity index (χ4n) is 4.08. The number of alkyl halides is 5. The number of ether oxygens (including phenoxy) is 2. The van der Waals surface area contributed by atoms with Gasteiger partial charge in [-0.1, -0.05) is 13.0 Å². The lowest BCUT2D eigenvalue weighted by Gasteiger charge is -2.32. The Hall–Kier alpha value is -3.35. The Morgan fingerprint density at radius 2 is 1.91 bits per heavy atom. The number of pyridine rings is 1. The van der Waals surface area contributed by atoms with Crippen LogP contribution in [0.15, 0.2) is 30.5 Å². The van der Waals surface area contributed by atoms with Crippen LogP contribution in [0, 0.1) is 18.7 Å². The first kappa shape index (κ1) is 26.3. The van der Waals surface area contributed by atoms with Gasteiger partial charge in [-0.2, -0.15) is 22.0 Å². The summed E-state index contributed by atoms with van der Waals surface area (Å²) in [5, 5.41) is 2.33. The number of carbonyl (C=O) groups is 2. The Morgan fingerprint density at radius 1 is 1.26 bits per heavy atom. The van der Waals surface area contributed by atoms with Gasteiger partial charge in [-0.25, -0.2) is 4.39 Å². The number of nitrogens with one attached hydrogen (secondary N) is 1. The monoisotopic (exact) mass is 505 g/mol. The number of halogens is 6. The van der Waals surface area contributed by atoms with Crippen LogP contribution in [0.4, 0.5) is 32.0 Å². The number of aromatic nitrogens is 1. The third-order valence-electron chi connectivity index (χ3n) is 6.14. The van der Waals surface area contributed by atoms with E-state index in [-0.39, 0.29) is 22.5 Å². The van der Waals surface area contributed by atoms with Crippen molar-refractivity contribution in [2.24, 2.45) is 11.7 Å². The summed E-state index contributed by atoms with van der Waals surface area (Å²) in [6.07, 6.45) is -5.66. The normalized spacial score (nSPS) is 24.5. The number of hydrogen-bond donors (Lipinski definition) is 2. The van der Waals surface area contributed by atoms with E-state index in [2.05, 4.69) is 15.0 Å². The Kier molecular flexibility index (Phi) is 7.02. The molecule has 1 aromatic heterocycles. The first-order valence-electron chi connectivity index (χ1n) is 10.2. The number of rotatable bonds is 6. The molecule has 1 aliphatic heterocycles. The average Bonchev–Trinajstić information content (AvgIpc) is 3.04. The Morgan fingerprint density at radius 3 is 2.49 bits per heavy atom. The summed E-state index contributed by atoms with van der Waals surface area (Å²) >= 11 is 0. The molecule has 1 fully saturated rings. The molecule has 0 aliphatic carbocycles. The van der Waals surface area contributed by atoms with E-state index in [9.17, 15) is 35.9 Å². The van der Waals surface area contributed by atoms with Crippen LogP contribution in [0.25, 0.3) is 0 Å². The Labute approximate surface area is 195 Å². The zero-order valence-electron chi connectivity index (χ0n) is 18.6. The molecular formula is C22H21F6N3O4. The molecule has 0 bridgehead atoms. The van der Waals surface area contributed by atoms with Crippen molar-refractivity contribution in [1.29, 1.82) is 0 Å². The minimum absolute atomic E-state index is 0.0197. The molecule has 3 N–H and O–H groups in total. The van der Waals surface area contributed by atoms with Gasteiger partial charge >= 0.3 is 12.8 Å². The van der Waals surface area contributed by atoms with E-state index in [1.807, 2.05) is 0 Å². The number of nitrogens with zero attached hydrogens (tertiary/aromatic N) is 1. The smallest absolute Gasteiger partial charge is 0.417 e. The van der Waals surface area contributed by atoms with Gasteiger partial charge in [-0.05, 0) is 32.0 Å². The van der Waals surface area contributed by atoms with Crippen LogP contribution in [-0.2, 0) is 9.53 Å². The second kappa shape index (κ2) is 9.36. The molecule has 2 unspecified atom stereocenters. The summed E-state index contributed by atoms with van der Waals surface area (Å²) in [5.41, 5.74) is 1.43. The second-order valence-corrected chi connectivity index (χ2v) is 8.21. The molecule has 0 saturated carbocycles. The maximum absolute atomic E-state index is 14.1. The third kappa shape index (κ3) is 4.90. The van der Waals surface area contributed by atoms with Crippen LogP contribution in [0.3, 0.4) is 0 Å². The topological polar surface area (TPSA) is 104 Å². The van der Waals surface area contributed by atoms with Gasteiger partial charge in [0.15, 0.2) is 5.60 Å². The largest absolute Gasteiger partial charge is 0.434 e. The lowest BCUT2D eigenvalue weighted by atomic mass is 9.76. The van der Waals surface area contributed by atoms with Crippen LogP contribution < -0.4 is 15.8 Å². The average molecular weight is 505 g/mol. The van der Waals surface area contributed by atoms with Gasteiger partial charge in [0.25, 0.3) is 11.8 Å². The van der Waals surface area contributed by atoms with E-state index in [1.165, 1.54) is 6.07 Å². The fraction of sp³-hybridized carbons (Fsp3) is 0.409. The number of primary amides is 1. The van der Waals surface area contributed by atoms with Crippen molar-refractivity contribution in [2.45, 2.75) is 51.2 Å². The number of carbonyl (C=O) groups excluding carboxylic acids is 2. The summed E-state index contributed by atoms with van der Waals surface area (Å²) in [7, 11) is 0. The molecule has 1 aliphatic rings. The van der Waals surface area contributed by atoms with Crippen molar-refractivity contribution in [3.05, 3.63) is 53.1 Å². The van der Waals surface area contributed by atoms with E-state index in [4.69, 9.17) is 10.5 Å². The number of anilines is 1. The molecular weight excluding hydrogens is 484 g/mol. The Bertz CT molecular complexity index is 1140. The molecule has 2 heterocycles. The third-order valence-corrected chi connectivity index (χ3v) is 6.14. The van der Waals surface area contributed by atoms with Crippen LogP contribution in [0.5, 0.6) is 5.75 Å². The summed E-state index contributed by atoms with van der Waals surface area (Å²) in [4.78, 5) is 28.2. The SMILES string of the molecule is Cc1c(F)ccc(C2C(C(=O)Nc3ccnc(C(N)=O)c3)O[C@@](C)(C(F)(F)F)[C@H]2C)c1OC(F)F. The van der Waals surface area contributed by atoms with Crippen LogP contribution in [-0.4, -0.2) is 41.3 Å². The molecule has 2 amide bonds. The highest BCUT2D eigenvalue weighted by molar-refractivity contribution is 5.97. The lowest BCUT2D eigenvalue weighted by molar-refractivity contribution is -0.272. The summed E-state index contributed by atoms with van der Waals surface area (Å²) in [6.45, 7) is -0.401. The molecule has 1 aromatic carbocycles. The van der Waals surface area contributed by atoms with Gasteiger partial charge in [-0.3, -0.25) is 14.6 Å². The zero-order chi connectivity index (χ0) is 26.3. The van der Waals surface area contributed by atoms with E-state index in [1.54, 1.807) is 0 Å². The highest BCUT2D eigenvalue weighted by atomic mass is 19.4. The van der Waals surface area contributed by atoms with Crippen molar-refractivity contribution >= 4 is 17.5 Å². The molecule has 13 heteroatoms. The Balaban J connectivity index is 2.10. The molecule has 35 heavy (non-hydrogen) atoms. The number of hydrogen-bond acceptors (Lipinski definition) is 5. The van der Waals surface area contributed by atoms with Gasteiger partial charge in [0.05, 0.1) is 0 Å². The van der Waals surface area contributed by atoms with E-state index < -0.39 is 59.7 Å². The molecule has 0 radical (unpaired) electrons. The molecule has 3 rings (SSSR count). The molecule has 190 valence electrons. The fourth-order valence-corrected chi connectivity index (χ4v) is 4.08. The van der Waals surface area contributed by atoms with Gasteiger partial charge in [0.2, 0.25) is 0 Å². The van der Waals surface area contributed by atoms with Crippen molar-refractivity contribution in [3.63, 3.8) is 0 Å². The van der Waals surface area contributed by atoms with Crippen LogP contribution in [0.2, 0.25) is 0 Å². The van der Waals surface area contributed by atoms with Gasteiger partial charge < -0.3 is 20.5 Å².